The van der Waals surface area contributed by atoms with Crippen molar-refractivity contribution in [2.75, 3.05) is 13.2 Å². The zero-order valence-corrected chi connectivity index (χ0v) is 20.6. The van der Waals surface area contributed by atoms with Crippen LogP contribution in [-0.4, -0.2) is 43.8 Å². The van der Waals surface area contributed by atoms with Crippen molar-refractivity contribution in [3.8, 4) is 5.75 Å². The van der Waals surface area contributed by atoms with Gasteiger partial charge in [-0.1, -0.05) is 43.3 Å². The molecule has 0 radical (unpaired) electrons. The second kappa shape index (κ2) is 11.3. The monoisotopic (exact) mass is 480 g/mol. The molecule has 0 amide bonds. The molecule has 1 N–H and O–H groups in total. The SMILES string of the molecule is CCCn1c2ccccc2c2c(OCC(O)CN(Cc3ccccn3)Cc3ccccn3)cccc21. The van der Waals surface area contributed by atoms with Gasteiger partial charge in [-0.05, 0) is 48.9 Å². The van der Waals surface area contributed by atoms with E-state index >= 15 is 0 Å². The van der Waals surface area contributed by atoms with Crippen LogP contribution >= 0.6 is 0 Å². The van der Waals surface area contributed by atoms with Gasteiger partial charge >= 0.3 is 0 Å². The van der Waals surface area contributed by atoms with Gasteiger partial charge in [0.1, 0.15) is 18.5 Å². The average molecular weight is 481 g/mol. The van der Waals surface area contributed by atoms with E-state index in [2.05, 4.69) is 56.7 Å². The molecule has 0 saturated carbocycles. The number of aromatic nitrogens is 3. The maximum absolute atomic E-state index is 11.0. The quantitative estimate of drug-likeness (QED) is 0.273. The third-order valence-corrected chi connectivity index (χ3v) is 6.33. The molecule has 36 heavy (non-hydrogen) atoms. The van der Waals surface area contributed by atoms with Gasteiger partial charge in [0.05, 0.1) is 16.9 Å². The fourth-order valence-corrected chi connectivity index (χ4v) is 4.81. The molecule has 3 aromatic heterocycles. The van der Waals surface area contributed by atoms with E-state index in [-0.39, 0.29) is 6.61 Å². The Kier molecular flexibility index (Phi) is 7.55. The van der Waals surface area contributed by atoms with Crippen LogP contribution in [0.3, 0.4) is 0 Å². The minimum Gasteiger partial charge on any atom is -0.490 e. The Bertz CT molecular complexity index is 1360. The van der Waals surface area contributed by atoms with E-state index in [1.807, 2.05) is 48.5 Å². The van der Waals surface area contributed by atoms with Crippen LogP contribution < -0.4 is 4.74 Å². The Morgan fingerprint density at radius 2 is 1.50 bits per heavy atom. The van der Waals surface area contributed by atoms with Crippen molar-refractivity contribution in [3.63, 3.8) is 0 Å². The van der Waals surface area contributed by atoms with Crippen molar-refractivity contribution in [2.45, 2.75) is 39.1 Å². The maximum atomic E-state index is 11.0. The van der Waals surface area contributed by atoms with Gasteiger partial charge in [-0.2, -0.15) is 0 Å². The van der Waals surface area contributed by atoms with Crippen LogP contribution in [0.1, 0.15) is 24.7 Å². The lowest BCUT2D eigenvalue weighted by Crippen LogP contribution is -2.35. The van der Waals surface area contributed by atoms with Gasteiger partial charge in [-0.25, -0.2) is 0 Å². The lowest BCUT2D eigenvalue weighted by atomic mass is 10.1. The van der Waals surface area contributed by atoms with Gasteiger partial charge in [0.15, 0.2) is 0 Å². The van der Waals surface area contributed by atoms with Crippen molar-refractivity contribution in [1.82, 2.24) is 19.4 Å². The number of rotatable bonds is 11. The van der Waals surface area contributed by atoms with E-state index in [1.54, 1.807) is 12.4 Å². The highest BCUT2D eigenvalue weighted by molar-refractivity contribution is 6.11. The molecule has 0 spiro atoms. The van der Waals surface area contributed by atoms with Crippen LogP contribution in [0.25, 0.3) is 21.8 Å². The lowest BCUT2D eigenvalue weighted by molar-refractivity contribution is 0.0625. The summed E-state index contributed by atoms with van der Waals surface area (Å²) < 4.78 is 8.62. The standard InChI is InChI=1S/C30H32N4O2/c1-2-18-34-27-13-4-3-12-26(27)30-28(34)14-9-15-29(30)36-22-25(35)21-33(19-23-10-5-7-16-31-23)20-24-11-6-8-17-32-24/h3-17,25,35H,2,18-22H2,1H3. The number of para-hydroxylation sites is 1. The van der Waals surface area contributed by atoms with Crippen LogP contribution in [0.4, 0.5) is 0 Å². The predicted molar refractivity (Wildman–Crippen MR) is 144 cm³/mol. The van der Waals surface area contributed by atoms with Gasteiger partial charge in [-0.3, -0.25) is 14.9 Å². The molecule has 6 heteroatoms. The molecular formula is C30H32N4O2. The van der Waals surface area contributed by atoms with Gasteiger partial charge in [-0.15, -0.1) is 0 Å². The van der Waals surface area contributed by atoms with Crippen molar-refractivity contribution in [3.05, 3.63) is 103 Å². The summed E-state index contributed by atoms with van der Waals surface area (Å²) in [6.45, 7) is 5.03. The van der Waals surface area contributed by atoms with E-state index in [0.29, 0.717) is 19.6 Å². The Hall–Kier alpha value is -3.74. The Balaban J connectivity index is 1.34. The minimum absolute atomic E-state index is 0.202. The van der Waals surface area contributed by atoms with E-state index in [1.165, 1.54) is 10.9 Å². The molecule has 184 valence electrons. The first kappa shape index (κ1) is 24.0. The van der Waals surface area contributed by atoms with Gasteiger partial charge < -0.3 is 14.4 Å². The summed E-state index contributed by atoms with van der Waals surface area (Å²) in [5.74, 6) is 0.804. The molecule has 0 saturated heterocycles. The van der Waals surface area contributed by atoms with Crippen LogP contribution in [0, 0.1) is 0 Å². The Labute approximate surface area is 211 Å². The van der Waals surface area contributed by atoms with Crippen LogP contribution in [-0.2, 0) is 19.6 Å². The number of benzene rings is 2. The summed E-state index contributed by atoms with van der Waals surface area (Å²) >= 11 is 0. The molecule has 0 bridgehead atoms. The Morgan fingerprint density at radius 1 is 0.833 bits per heavy atom. The molecule has 0 aliphatic rings. The normalized spacial score (nSPS) is 12.4. The molecule has 0 aliphatic heterocycles. The van der Waals surface area contributed by atoms with Crippen molar-refractivity contribution >= 4 is 21.8 Å². The third kappa shape index (κ3) is 5.40. The summed E-state index contributed by atoms with van der Waals surface area (Å²) in [6, 6.07) is 26.4. The van der Waals surface area contributed by atoms with Crippen LogP contribution in [0.5, 0.6) is 5.75 Å². The molecule has 2 aromatic carbocycles. The first-order valence-electron chi connectivity index (χ1n) is 12.6. The second-order valence-corrected chi connectivity index (χ2v) is 9.10. The van der Waals surface area contributed by atoms with E-state index in [0.717, 1.165) is 41.0 Å². The zero-order valence-electron chi connectivity index (χ0n) is 20.6. The lowest BCUT2D eigenvalue weighted by Gasteiger charge is -2.24. The van der Waals surface area contributed by atoms with Gasteiger partial charge in [0, 0.05) is 54.9 Å². The summed E-state index contributed by atoms with van der Waals surface area (Å²) in [6.07, 6.45) is 3.98. The van der Waals surface area contributed by atoms with Crippen LogP contribution in [0.15, 0.2) is 91.3 Å². The number of nitrogens with zero attached hydrogens (tertiary/aromatic N) is 4. The molecule has 0 aliphatic carbocycles. The second-order valence-electron chi connectivity index (χ2n) is 9.10. The predicted octanol–water partition coefficient (Wildman–Crippen LogP) is 5.44. The van der Waals surface area contributed by atoms with Crippen molar-refractivity contribution in [1.29, 1.82) is 0 Å². The average Bonchev–Trinajstić information content (AvgIpc) is 3.23. The number of pyridine rings is 2. The van der Waals surface area contributed by atoms with Gasteiger partial charge in [0.25, 0.3) is 0 Å². The largest absolute Gasteiger partial charge is 0.490 e. The number of fused-ring (bicyclic) bond motifs is 3. The number of hydrogen-bond acceptors (Lipinski definition) is 5. The van der Waals surface area contributed by atoms with Gasteiger partial charge in [0.2, 0.25) is 0 Å². The number of aliphatic hydroxyl groups excluding tert-OH is 1. The number of aliphatic hydroxyl groups is 1. The highest BCUT2D eigenvalue weighted by Gasteiger charge is 2.17. The number of aryl methyl sites for hydroxylation is 1. The van der Waals surface area contributed by atoms with E-state index in [4.69, 9.17) is 4.74 Å². The molecular weight excluding hydrogens is 448 g/mol. The zero-order chi connectivity index (χ0) is 24.7. The number of hydrogen-bond donors (Lipinski definition) is 1. The smallest absolute Gasteiger partial charge is 0.129 e. The molecule has 5 aromatic rings. The fraction of sp³-hybridized carbons (Fsp3) is 0.267. The summed E-state index contributed by atoms with van der Waals surface area (Å²) in [5.41, 5.74) is 4.28. The summed E-state index contributed by atoms with van der Waals surface area (Å²) in [4.78, 5) is 11.1. The number of ether oxygens (including phenoxy) is 1. The highest BCUT2D eigenvalue weighted by atomic mass is 16.5. The topological polar surface area (TPSA) is 63.4 Å². The molecule has 5 rings (SSSR count). The van der Waals surface area contributed by atoms with Crippen molar-refractivity contribution < 1.29 is 9.84 Å². The van der Waals surface area contributed by atoms with Crippen molar-refractivity contribution in [2.24, 2.45) is 0 Å². The summed E-state index contributed by atoms with van der Waals surface area (Å²) in [7, 11) is 0. The third-order valence-electron chi connectivity index (χ3n) is 6.33. The van der Waals surface area contributed by atoms with E-state index in [9.17, 15) is 5.11 Å². The minimum atomic E-state index is -0.670. The fourth-order valence-electron chi connectivity index (χ4n) is 4.81. The first-order valence-corrected chi connectivity index (χ1v) is 12.6. The maximum Gasteiger partial charge on any atom is 0.129 e. The summed E-state index contributed by atoms with van der Waals surface area (Å²) in [5, 5.41) is 13.3. The van der Waals surface area contributed by atoms with Crippen LogP contribution in [0.2, 0.25) is 0 Å². The van der Waals surface area contributed by atoms with E-state index < -0.39 is 6.10 Å². The molecule has 6 nitrogen and oxygen atoms in total. The molecule has 1 unspecified atom stereocenters. The molecule has 0 fully saturated rings. The highest BCUT2D eigenvalue weighted by Crippen LogP contribution is 2.35. The molecule has 3 heterocycles. The Morgan fingerprint density at radius 3 is 2.17 bits per heavy atom. The molecule has 1 atom stereocenters. The first-order chi connectivity index (χ1) is 17.7.